The minimum atomic E-state index is -0.261. The first-order valence-corrected chi connectivity index (χ1v) is 11.1. The van der Waals surface area contributed by atoms with Crippen LogP contribution in [0.2, 0.25) is 0 Å². The molecule has 0 unspecified atom stereocenters. The number of aromatic hydroxyl groups is 1. The third-order valence-electron chi connectivity index (χ3n) is 6.51. The Labute approximate surface area is 187 Å². The second kappa shape index (κ2) is 8.52. The topological polar surface area (TPSA) is 57.6 Å². The Morgan fingerprint density at radius 2 is 1.91 bits per heavy atom. The number of morpholine rings is 1. The Hall–Kier alpha value is -2.96. The normalized spacial score (nSPS) is 20.8. The zero-order chi connectivity index (χ0) is 22.2. The fourth-order valence-corrected chi connectivity index (χ4v) is 4.86. The number of ether oxygens (including phenoxy) is 1. The molecule has 2 aliphatic heterocycles. The van der Waals surface area contributed by atoms with Gasteiger partial charge in [-0.05, 0) is 60.7 Å². The second-order valence-electron chi connectivity index (χ2n) is 8.81. The van der Waals surface area contributed by atoms with Crippen LogP contribution in [0, 0.1) is 19.7 Å². The van der Waals surface area contributed by atoms with Crippen molar-refractivity contribution in [1.29, 1.82) is 0 Å². The molecule has 0 spiro atoms. The van der Waals surface area contributed by atoms with Gasteiger partial charge in [0.25, 0.3) is 0 Å². The molecule has 2 fully saturated rings. The molecule has 1 aromatic heterocycles. The number of pyridine rings is 1. The highest BCUT2D eigenvalue weighted by Gasteiger charge is 2.34. The lowest BCUT2D eigenvalue weighted by Crippen LogP contribution is -2.57. The second-order valence-corrected chi connectivity index (χ2v) is 8.81. The van der Waals surface area contributed by atoms with Crippen molar-refractivity contribution in [3.63, 3.8) is 0 Å². The summed E-state index contributed by atoms with van der Waals surface area (Å²) in [7, 11) is 0. The van der Waals surface area contributed by atoms with Gasteiger partial charge in [-0.2, -0.15) is 0 Å². The molecule has 0 radical (unpaired) electrons. The van der Waals surface area contributed by atoms with Gasteiger partial charge in [-0.25, -0.2) is 4.39 Å². The zero-order valence-electron chi connectivity index (χ0n) is 18.4. The van der Waals surface area contributed by atoms with Crippen molar-refractivity contribution in [3.05, 3.63) is 65.7 Å². The quantitative estimate of drug-likeness (QED) is 0.639. The van der Waals surface area contributed by atoms with Gasteiger partial charge in [0.15, 0.2) is 0 Å². The molecule has 6 heteroatoms. The van der Waals surface area contributed by atoms with E-state index in [1.165, 1.54) is 6.07 Å². The number of hydrogen-bond acceptors (Lipinski definition) is 5. The molecule has 2 N–H and O–H groups in total. The fraction of sp³-hybridized carbons (Fsp3) is 0.346. The van der Waals surface area contributed by atoms with E-state index < -0.39 is 0 Å². The standard InChI is InChI=1S/C26H28FN3O2/c1-16-9-19(11-20(27)10-16)22-14-28-13-21(18-4-3-17(2)24(31)12-18)26(22)30-7-5-23-25(15-30)32-8-6-29-23/h3-4,9-14,23,25,29,31H,5-8,15H2,1-2H3/t23-,25-/m1/s1. The Bertz CT molecular complexity index is 1130. The molecule has 3 heterocycles. The van der Waals surface area contributed by atoms with Crippen molar-refractivity contribution in [1.82, 2.24) is 10.3 Å². The number of benzene rings is 2. The van der Waals surface area contributed by atoms with Gasteiger partial charge in [0.1, 0.15) is 11.6 Å². The van der Waals surface area contributed by atoms with E-state index in [1.54, 1.807) is 12.1 Å². The number of nitrogens with one attached hydrogen (secondary N) is 1. The highest BCUT2D eigenvalue weighted by Crippen LogP contribution is 2.41. The molecular weight excluding hydrogens is 405 g/mol. The smallest absolute Gasteiger partial charge is 0.124 e. The molecule has 0 aliphatic carbocycles. The summed E-state index contributed by atoms with van der Waals surface area (Å²) in [5.74, 6) is -0.0122. The number of halogens is 1. The maximum atomic E-state index is 14.3. The molecule has 0 amide bonds. The van der Waals surface area contributed by atoms with Crippen molar-refractivity contribution in [2.24, 2.45) is 0 Å². The summed E-state index contributed by atoms with van der Waals surface area (Å²) < 4.78 is 20.4. The summed E-state index contributed by atoms with van der Waals surface area (Å²) in [5, 5.41) is 13.9. The minimum absolute atomic E-state index is 0.104. The summed E-state index contributed by atoms with van der Waals surface area (Å²) in [6.45, 7) is 6.97. The molecule has 2 aromatic carbocycles. The van der Waals surface area contributed by atoms with E-state index in [0.717, 1.165) is 65.1 Å². The average molecular weight is 434 g/mol. The largest absolute Gasteiger partial charge is 0.508 e. The van der Waals surface area contributed by atoms with Crippen molar-refractivity contribution >= 4 is 5.69 Å². The van der Waals surface area contributed by atoms with E-state index in [-0.39, 0.29) is 17.7 Å². The Morgan fingerprint density at radius 1 is 1.09 bits per heavy atom. The molecule has 5 nitrogen and oxygen atoms in total. The molecule has 2 atom stereocenters. The van der Waals surface area contributed by atoms with Crippen molar-refractivity contribution in [3.8, 4) is 28.0 Å². The molecule has 0 bridgehead atoms. The summed E-state index contributed by atoms with van der Waals surface area (Å²) in [5.41, 5.74) is 6.17. The maximum Gasteiger partial charge on any atom is 0.124 e. The molecule has 0 saturated carbocycles. The van der Waals surface area contributed by atoms with Gasteiger partial charge in [0, 0.05) is 49.2 Å². The van der Waals surface area contributed by atoms with Gasteiger partial charge in [0.2, 0.25) is 0 Å². The molecule has 2 aliphatic rings. The number of anilines is 1. The minimum Gasteiger partial charge on any atom is -0.508 e. The highest BCUT2D eigenvalue weighted by molar-refractivity contribution is 5.91. The summed E-state index contributed by atoms with van der Waals surface area (Å²) in [6, 6.07) is 11.1. The van der Waals surface area contributed by atoms with E-state index in [4.69, 9.17) is 4.74 Å². The van der Waals surface area contributed by atoms with Crippen LogP contribution < -0.4 is 10.2 Å². The molecule has 32 heavy (non-hydrogen) atoms. The molecular formula is C26H28FN3O2. The maximum absolute atomic E-state index is 14.3. The predicted octanol–water partition coefficient (Wildman–Crippen LogP) is 4.44. The summed E-state index contributed by atoms with van der Waals surface area (Å²) >= 11 is 0. The van der Waals surface area contributed by atoms with Crippen molar-refractivity contribution < 1.29 is 14.2 Å². The number of fused-ring (bicyclic) bond motifs is 1. The number of hydrogen-bond donors (Lipinski definition) is 2. The number of phenols is 1. The lowest BCUT2D eigenvalue weighted by atomic mass is 9.93. The van der Waals surface area contributed by atoms with Gasteiger partial charge in [-0.3, -0.25) is 4.98 Å². The Kier molecular flexibility index (Phi) is 5.57. The van der Waals surface area contributed by atoms with Crippen LogP contribution in [0.15, 0.2) is 48.8 Å². The number of nitrogens with zero attached hydrogens (tertiary/aromatic N) is 2. The molecule has 3 aromatic rings. The van der Waals surface area contributed by atoms with Gasteiger partial charge in [-0.15, -0.1) is 0 Å². The Morgan fingerprint density at radius 3 is 2.69 bits per heavy atom. The molecule has 5 rings (SSSR count). The molecule has 2 saturated heterocycles. The fourth-order valence-electron chi connectivity index (χ4n) is 4.86. The highest BCUT2D eigenvalue weighted by atomic mass is 19.1. The van der Waals surface area contributed by atoms with Crippen LogP contribution in [0.1, 0.15) is 17.5 Å². The van der Waals surface area contributed by atoms with E-state index in [0.29, 0.717) is 12.6 Å². The van der Waals surface area contributed by atoms with Crippen LogP contribution in [0.5, 0.6) is 5.75 Å². The first kappa shape index (κ1) is 20.9. The zero-order valence-corrected chi connectivity index (χ0v) is 18.4. The first-order valence-electron chi connectivity index (χ1n) is 11.1. The van der Waals surface area contributed by atoms with Crippen LogP contribution in [0.3, 0.4) is 0 Å². The molecule has 166 valence electrons. The average Bonchev–Trinajstić information content (AvgIpc) is 2.79. The van der Waals surface area contributed by atoms with Gasteiger partial charge in [0.05, 0.1) is 18.4 Å². The third-order valence-corrected chi connectivity index (χ3v) is 6.51. The van der Waals surface area contributed by atoms with E-state index in [1.807, 2.05) is 44.4 Å². The van der Waals surface area contributed by atoms with Crippen LogP contribution in [0.4, 0.5) is 10.1 Å². The Balaban J connectivity index is 1.66. The summed E-state index contributed by atoms with van der Waals surface area (Å²) in [4.78, 5) is 6.84. The predicted molar refractivity (Wildman–Crippen MR) is 125 cm³/mol. The van der Waals surface area contributed by atoms with Gasteiger partial charge in [-0.1, -0.05) is 18.2 Å². The first-order chi connectivity index (χ1) is 15.5. The third kappa shape index (κ3) is 3.96. The van der Waals surface area contributed by atoms with Gasteiger partial charge < -0.3 is 20.1 Å². The van der Waals surface area contributed by atoms with E-state index in [2.05, 4.69) is 15.2 Å². The number of rotatable bonds is 3. The lowest BCUT2D eigenvalue weighted by Gasteiger charge is -2.43. The van der Waals surface area contributed by atoms with Crippen molar-refractivity contribution in [2.75, 3.05) is 31.1 Å². The number of phenolic OH excluding ortho intramolecular Hbond substituents is 1. The van der Waals surface area contributed by atoms with Crippen LogP contribution in [0.25, 0.3) is 22.3 Å². The van der Waals surface area contributed by atoms with Crippen molar-refractivity contribution in [2.45, 2.75) is 32.4 Å². The van der Waals surface area contributed by atoms with Gasteiger partial charge >= 0.3 is 0 Å². The van der Waals surface area contributed by atoms with E-state index in [9.17, 15) is 9.50 Å². The van der Waals surface area contributed by atoms with Crippen LogP contribution >= 0.6 is 0 Å². The lowest BCUT2D eigenvalue weighted by molar-refractivity contribution is -0.00899. The number of aryl methyl sites for hydroxylation is 2. The number of piperidine rings is 1. The van der Waals surface area contributed by atoms with E-state index >= 15 is 0 Å². The van der Waals surface area contributed by atoms with Crippen LogP contribution in [-0.4, -0.2) is 48.5 Å². The van der Waals surface area contributed by atoms with Crippen LogP contribution in [-0.2, 0) is 4.74 Å². The SMILES string of the molecule is Cc1cc(F)cc(-c2cncc(-c3ccc(C)c(O)c3)c2N2CC[C@H]3NCCO[C@@H]3C2)c1. The number of aromatic nitrogens is 1. The monoisotopic (exact) mass is 433 g/mol. The summed E-state index contributed by atoms with van der Waals surface area (Å²) in [6.07, 6.45) is 4.72.